The maximum absolute atomic E-state index is 12.1. The molecule has 3 rings (SSSR count). The molecule has 0 unspecified atom stereocenters. The second kappa shape index (κ2) is 7.63. The first-order chi connectivity index (χ1) is 12.9. The van der Waals surface area contributed by atoms with Crippen molar-refractivity contribution < 1.29 is 19.4 Å². The molecule has 0 aliphatic carbocycles. The molecule has 0 saturated carbocycles. The number of aromatic hydroxyl groups is 1. The minimum Gasteiger partial charge on any atom is -0.505 e. The fourth-order valence-electron chi connectivity index (χ4n) is 2.79. The summed E-state index contributed by atoms with van der Waals surface area (Å²) in [4.78, 5) is 28.2. The Morgan fingerprint density at radius 3 is 2.74 bits per heavy atom. The Morgan fingerprint density at radius 2 is 2.04 bits per heavy atom. The number of aliphatic imine (C=N–C) groups is 1. The summed E-state index contributed by atoms with van der Waals surface area (Å²) in [5.74, 6) is -0.803. The zero-order valence-electron chi connectivity index (χ0n) is 14.8. The first-order valence-electron chi connectivity index (χ1n) is 8.27. The molecule has 27 heavy (non-hydrogen) atoms. The van der Waals surface area contributed by atoms with Crippen LogP contribution in [0.4, 0.5) is 5.69 Å². The molecule has 0 spiro atoms. The summed E-state index contributed by atoms with van der Waals surface area (Å²) >= 11 is 5.99. The number of esters is 1. The lowest BCUT2D eigenvalue weighted by Crippen LogP contribution is -2.09. The predicted molar refractivity (Wildman–Crippen MR) is 105 cm³/mol. The minimum atomic E-state index is -0.440. The number of hydrogen-bond acceptors (Lipinski definition) is 5. The van der Waals surface area contributed by atoms with Gasteiger partial charge in [-0.15, -0.1) is 0 Å². The van der Waals surface area contributed by atoms with Gasteiger partial charge >= 0.3 is 5.97 Å². The van der Waals surface area contributed by atoms with Crippen molar-refractivity contribution in [2.45, 2.75) is 13.8 Å². The van der Waals surface area contributed by atoms with Crippen LogP contribution < -0.4 is 0 Å². The molecule has 0 radical (unpaired) electrons. The number of nitrogens with zero attached hydrogens (tertiary/aromatic N) is 2. The lowest BCUT2D eigenvalue weighted by molar-refractivity contribution is 0.0526. The molecule has 0 aliphatic heterocycles. The second-order valence-electron chi connectivity index (χ2n) is 5.78. The van der Waals surface area contributed by atoms with E-state index in [1.165, 1.54) is 17.7 Å². The average Bonchev–Trinajstić information content (AvgIpc) is 2.92. The van der Waals surface area contributed by atoms with Crippen LogP contribution in [0, 0.1) is 0 Å². The van der Waals surface area contributed by atoms with Gasteiger partial charge in [0.15, 0.2) is 5.75 Å². The van der Waals surface area contributed by atoms with E-state index in [0.717, 1.165) is 0 Å². The van der Waals surface area contributed by atoms with Crippen LogP contribution in [0.1, 0.15) is 34.7 Å². The average molecular weight is 385 g/mol. The number of benzene rings is 2. The van der Waals surface area contributed by atoms with Crippen LogP contribution in [-0.4, -0.2) is 34.4 Å². The first kappa shape index (κ1) is 18.7. The first-order valence-corrected chi connectivity index (χ1v) is 8.65. The highest BCUT2D eigenvalue weighted by Crippen LogP contribution is 2.33. The van der Waals surface area contributed by atoms with Crippen LogP contribution in [-0.2, 0) is 4.74 Å². The van der Waals surface area contributed by atoms with Crippen molar-refractivity contribution in [3.8, 4) is 5.75 Å². The Kier molecular flexibility index (Phi) is 5.28. The zero-order valence-corrected chi connectivity index (χ0v) is 15.5. The molecule has 0 amide bonds. The highest BCUT2D eigenvalue weighted by molar-refractivity contribution is 6.31. The molecule has 138 valence electrons. The van der Waals surface area contributed by atoms with E-state index in [1.807, 2.05) is 0 Å². The number of aromatic nitrogens is 1. The van der Waals surface area contributed by atoms with E-state index in [2.05, 4.69) is 4.99 Å². The van der Waals surface area contributed by atoms with Gasteiger partial charge in [0.25, 0.3) is 0 Å². The van der Waals surface area contributed by atoms with Crippen LogP contribution >= 0.6 is 11.6 Å². The standard InChI is InChI=1S/C20H17ClN2O4/c1-3-27-20(26)13-5-4-6-15(9-13)22-11-18-19(25)16-10-14(21)7-8-17(16)23(18)12(2)24/h4-11,25H,3H2,1-2H3. The van der Waals surface area contributed by atoms with Gasteiger partial charge in [0, 0.05) is 17.3 Å². The van der Waals surface area contributed by atoms with Gasteiger partial charge in [-0.05, 0) is 43.3 Å². The summed E-state index contributed by atoms with van der Waals surface area (Å²) in [5, 5.41) is 11.4. The van der Waals surface area contributed by atoms with E-state index in [-0.39, 0.29) is 24.0 Å². The number of fused-ring (bicyclic) bond motifs is 1. The highest BCUT2D eigenvalue weighted by Gasteiger charge is 2.18. The second-order valence-corrected chi connectivity index (χ2v) is 6.22. The molecule has 1 heterocycles. The Balaban J connectivity index is 2.05. The lowest BCUT2D eigenvalue weighted by atomic mass is 10.2. The van der Waals surface area contributed by atoms with E-state index in [0.29, 0.717) is 27.2 Å². The molecule has 0 saturated heterocycles. The zero-order chi connectivity index (χ0) is 19.6. The maximum atomic E-state index is 12.1. The van der Waals surface area contributed by atoms with Gasteiger partial charge in [0.05, 0.1) is 29.6 Å². The number of carbonyl (C=O) groups excluding carboxylic acids is 2. The van der Waals surface area contributed by atoms with Crippen molar-refractivity contribution in [1.82, 2.24) is 4.57 Å². The number of carbonyl (C=O) groups is 2. The third-order valence-corrected chi connectivity index (χ3v) is 4.18. The lowest BCUT2D eigenvalue weighted by Gasteiger charge is -2.04. The van der Waals surface area contributed by atoms with E-state index in [9.17, 15) is 14.7 Å². The Hall–Kier alpha value is -3.12. The molecule has 0 bridgehead atoms. The van der Waals surface area contributed by atoms with Gasteiger partial charge in [-0.2, -0.15) is 0 Å². The van der Waals surface area contributed by atoms with Crippen molar-refractivity contribution in [2.75, 3.05) is 6.61 Å². The molecule has 0 fully saturated rings. The molecule has 7 heteroatoms. The van der Waals surface area contributed by atoms with Crippen molar-refractivity contribution in [3.05, 3.63) is 58.7 Å². The Labute approximate surface area is 160 Å². The van der Waals surface area contributed by atoms with Crippen LogP contribution in [0.3, 0.4) is 0 Å². The topological polar surface area (TPSA) is 80.9 Å². The summed E-state index contributed by atoms with van der Waals surface area (Å²) in [6.45, 7) is 3.41. The molecule has 0 atom stereocenters. The predicted octanol–water partition coefficient (Wildman–Crippen LogP) is 4.59. The molecule has 1 aromatic heterocycles. The summed E-state index contributed by atoms with van der Waals surface area (Å²) < 4.78 is 6.34. The van der Waals surface area contributed by atoms with E-state index in [4.69, 9.17) is 16.3 Å². The fraction of sp³-hybridized carbons (Fsp3) is 0.150. The summed E-state index contributed by atoms with van der Waals surface area (Å²) in [6, 6.07) is 11.5. The molecular weight excluding hydrogens is 368 g/mol. The van der Waals surface area contributed by atoms with Crippen molar-refractivity contribution >= 4 is 46.3 Å². The number of rotatable bonds is 4. The molecule has 6 nitrogen and oxygen atoms in total. The number of hydrogen-bond donors (Lipinski definition) is 1. The van der Waals surface area contributed by atoms with Gasteiger partial charge in [-0.3, -0.25) is 14.4 Å². The molecule has 0 aliphatic rings. The Bertz CT molecular complexity index is 1070. The maximum Gasteiger partial charge on any atom is 0.338 e. The quantitative estimate of drug-likeness (QED) is 0.527. The summed E-state index contributed by atoms with van der Waals surface area (Å²) in [6.07, 6.45) is 1.38. The van der Waals surface area contributed by atoms with Gasteiger partial charge in [-0.25, -0.2) is 4.79 Å². The molecule has 3 aromatic rings. The number of halogens is 1. The minimum absolute atomic E-state index is 0.0898. The monoisotopic (exact) mass is 384 g/mol. The smallest absolute Gasteiger partial charge is 0.338 e. The van der Waals surface area contributed by atoms with E-state index < -0.39 is 5.97 Å². The molecular formula is C20H17ClN2O4. The van der Waals surface area contributed by atoms with Crippen LogP contribution in [0.15, 0.2) is 47.5 Å². The molecule has 1 N–H and O–H groups in total. The van der Waals surface area contributed by atoms with E-state index in [1.54, 1.807) is 49.4 Å². The van der Waals surface area contributed by atoms with Gasteiger partial charge in [0.2, 0.25) is 5.91 Å². The molecule has 2 aromatic carbocycles. The highest BCUT2D eigenvalue weighted by atomic mass is 35.5. The fourth-order valence-corrected chi connectivity index (χ4v) is 2.96. The largest absolute Gasteiger partial charge is 0.505 e. The van der Waals surface area contributed by atoms with E-state index >= 15 is 0 Å². The normalized spacial score (nSPS) is 11.2. The van der Waals surface area contributed by atoms with Gasteiger partial charge in [-0.1, -0.05) is 17.7 Å². The third kappa shape index (κ3) is 3.71. The summed E-state index contributed by atoms with van der Waals surface area (Å²) in [7, 11) is 0. The van der Waals surface area contributed by atoms with Gasteiger partial charge in [0.1, 0.15) is 5.69 Å². The van der Waals surface area contributed by atoms with Crippen LogP contribution in [0.5, 0.6) is 5.75 Å². The van der Waals surface area contributed by atoms with Crippen molar-refractivity contribution in [2.24, 2.45) is 4.99 Å². The van der Waals surface area contributed by atoms with Crippen LogP contribution in [0.25, 0.3) is 10.9 Å². The SMILES string of the molecule is CCOC(=O)c1cccc(N=Cc2c(O)c3cc(Cl)ccc3n2C(C)=O)c1. The summed E-state index contributed by atoms with van der Waals surface area (Å²) in [5.41, 5.74) is 1.63. The van der Waals surface area contributed by atoms with Gasteiger partial charge < -0.3 is 9.84 Å². The third-order valence-electron chi connectivity index (χ3n) is 3.95. The van der Waals surface area contributed by atoms with Crippen LogP contribution in [0.2, 0.25) is 5.02 Å². The Morgan fingerprint density at radius 1 is 1.26 bits per heavy atom. The van der Waals surface area contributed by atoms with Crippen molar-refractivity contribution in [1.29, 1.82) is 0 Å². The number of ether oxygens (including phenoxy) is 1. The van der Waals surface area contributed by atoms with Crippen molar-refractivity contribution in [3.63, 3.8) is 0 Å².